The molecule has 0 aromatic heterocycles. The lowest BCUT2D eigenvalue weighted by atomic mass is 10.3. The summed E-state index contributed by atoms with van der Waals surface area (Å²) >= 11 is 0. The molecule has 0 radical (unpaired) electrons. The second-order valence-corrected chi connectivity index (χ2v) is 5.72. The smallest absolute Gasteiger partial charge is 0.390 e. The van der Waals surface area contributed by atoms with Gasteiger partial charge in [0.15, 0.2) is 0 Å². The van der Waals surface area contributed by atoms with Crippen molar-refractivity contribution in [2.24, 2.45) is 0 Å². The molecule has 0 heterocycles. The summed E-state index contributed by atoms with van der Waals surface area (Å²) in [6.45, 7) is -2.72. The van der Waals surface area contributed by atoms with E-state index in [1.807, 2.05) is 5.32 Å². The van der Waals surface area contributed by atoms with Crippen molar-refractivity contribution in [3.63, 3.8) is 0 Å². The first-order valence-corrected chi connectivity index (χ1v) is 6.62. The first-order valence-electron chi connectivity index (χ1n) is 5.14. The van der Waals surface area contributed by atoms with Gasteiger partial charge < -0.3 is 10.4 Å². The van der Waals surface area contributed by atoms with Crippen LogP contribution in [0.3, 0.4) is 0 Å². The predicted octanol–water partition coefficient (Wildman–Crippen LogP) is 2.02. The van der Waals surface area contributed by atoms with Crippen LogP contribution in [0.4, 0.5) is 27.6 Å². The van der Waals surface area contributed by atoms with Crippen molar-refractivity contribution in [3.05, 3.63) is 24.3 Å². The maximum Gasteiger partial charge on any atom is 0.501 e. The number of nitrogens with one attached hydrogen (secondary N) is 1. The zero-order valence-electron chi connectivity index (χ0n) is 9.79. The van der Waals surface area contributed by atoms with E-state index in [-0.39, 0.29) is 0 Å². The van der Waals surface area contributed by atoms with Gasteiger partial charge in [0.05, 0.1) is 17.1 Å². The fourth-order valence-electron chi connectivity index (χ4n) is 1.25. The number of benzene rings is 1. The van der Waals surface area contributed by atoms with Gasteiger partial charge in [-0.05, 0) is 12.1 Å². The maximum absolute atomic E-state index is 12.8. The van der Waals surface area contributed by atoms with Crippen LogP contribution in [0.15, 0.2) is 29.2 Å². The van der Waals surface area contributed by atoms with Crippen molar-refractivity contribution < 1.29 is 35.5 Å². The fourth-order valence-corrected chi connectivity index (χ4v) is 2.19. The Bertz CT molecular complexity index is 571. The van der Waals surface area contributed by atoms with Gasteiger partial charge in [0.1, 0.15) is 6.61 Å². The van der Waals surface area contributed by atoms with Gasteiger partial charge in [-0.3, -0.25) is 0 Å². The Kier molecular flexibility index (Phi) is 4.59. The standard InChI is InChI=1S/C10H10F5NO3S/c11-9(12,6-17)5-16-7-3-1-2-4-8(7)20(18,19)10(13,14)15/h1-4,16-17H,5-6H2. The van der Waals surface area contributed by atoms with E-state index in [4.69, 9.17) is 5.11 Å². The molecule has 0 amide bonds. The normalized spacial score (nSPS) is 13.3. The van der Waals surface area contributed by atoms with Gasteiger partial charge in [0.2, 0.25) is 0 Å². The highest BCUT2D eigenvalue weighted by Crippen LogP contribution is 2.34. The second kappa shape index (κ2) is 5.52. The molecular weight excluding hydrogens is 309 g/mol. The van der Waals surface area contributed by atoms with E-state index in [1.165, 1.54) is 6.07 Å². The zero-order chi connectivity index (χ0) is 15.6. The van der Waals surface area contributed by atoms with Crippen molar-refractivity contribution in [1.29, 1.82) is 0 Å². The molecule has 2 N–H and O–H groups in total. The highest BCUT2D eigenvalue weighted by atomic mass is 32.2. The highest BCUT2D eigenvalue weighted by molar-refractivity contribution is 7.92. The molecule has 4 nitrogen and oxygen atoms in total. The van der Waals surface area contributed by atoms with Crippen LogP contribution in [0, 0.1) is 0 Å². The molecule has 0 bridgehead atoms. The largest absolute Gasteiger partial charge is 0.501 e. The number of hydrogen-bond donors (Lipinski definition) is 2. The molecule has 20 heavy (non-hydrogen) atoms. The molecule has 0 fully saturated rings. The maximum atomic E-state index is 12.8. The van der Waals surface area contributed by atoms with E-state index < -0.39 is 45.0 Å². The van der Waals surface area contributed by atoms with Crippen molar-refractivity contribution in [3.8, 4) is 0 Å². The molecule has 0 saturated heterocycles. The summed E-state index contributed by atoms with van der Waals surface area (Å²) in [5.41, 5.74) is -6.15. The Morgan fingerprint density at radius 1 is 1.10 bits per heavy atom. The van der Waals surface area contributed by atoms with E-state index in [0.29, 0.717) is 6.07 Å². The summed E-state index contributed by atoms with van der Waals surface area (Å²) in [4.78, 5) is -1.15. The van der Waals surface area contributed by atoms with Crippen LogP contribution in [0.5, 0.6) is 0 Å². The molecule has 1 rings (SSSR count). The number of aliphatic hydroxyl groups is 1. The number of para-hydroxylation sites is 1. The molecule has 1 aromatic rings. The molecule has 0 spiro atoms. The number of anilines is 1. The molecule has 0 atom stereocenters. The average molecular weight is 319 g/mol. The minimum atomic E-state index is -5.65. The van der Waals surface area contributed by atoms with E-state index >= 15 is 0 Å². The number of hydrogen-bond acceptors (Lipinski definition) is 4. The lowest BCUT2D eigenvalue weighted by Crippen LogP contribution is -2.32. The van der Waals surface area contributed by atoms with Crippen molar-refractivity contribution in [2.75, 3.05) is 18.5 Å². The van der Waals surface area contributed by atoms with E-state index in [2.05, 4.69) is 0 Å². The summed E-state index contributed by atoms with van der Waals surface area (Å²) < 4.78 is 85.5. The van der Waals surface area contributed by atoms with Crippen LogP contribution in [0.2, 0.25) is 0 Å². The Balaban J connectivity index is 3.14. The van der Waals surface area contributed by atoms with Crippen LogP contribution in [0.1, 0.15) is 0 Å². The van der Waals surface area contributed by atoms with Crippen molar-refractivity contribution in [1.82, 2.24) is 0 Å². The summed E-state index contributed by atoms with van der Waals surface area (Å²) in [5.74, 6) is -3.59. The molecule has 1 aromatic carbocycles. The molecule has 10 heteroatoms. The second-order valence-electron chi connectivity index (χ2n) is 3.81. The summed E-state index contributed by atoms with van der Waals surface area (Å²) in [5, 5.41) is 10.2. The van der Waals surface area contributed by atoms with E-state index in [1.54, 1.807) is 0 Å². The Morgan fingerprint density at radius 3 is 2.15 bits per heavy atom. The number of sulfone groups is 1. The first-order chi connectivity index (χ1) is 9.01. The SMILES string of the molecule is O=S(=O)(c1ccccc1NCC(F)(F)CO)C(F)(F)F. The summed E-state index contributed by atoms with van der Waals surface area (Å²) in [7, 11) is -5.65. The van der Waals surface area contributed by atoms with E-state index in [0.717, 1.165) is 12.1 Å². The van der Waals surface area contributed by atoms with Gasteiger partial charge in [0.25, 0.3) is 15.8 Å². The third-order valence-corrected chi connectivity index (χ3v) is 3.79. The van der Waals surface area contributed by atoms with Crippen molar-refractivity contribution in [2.45, 2.75) is 16.3 Å². The minimum Gasteiger partial charge on any atom is -0.390 e. The van der Waals surface area contributed by atoms with Gasteiger partial charge in [-0.1, -0.05) is 12.1 Å². The quantitative estimate of drug-likeness (QED) is 0.815. The van der Waals surface area contributed by atoms with Gasteiger partial charge in [-0.25, -0.2) is 17.2 Å². The van der Waals surface area contributed by atoms with Crippen LogP contribution >= 0.6 is 0 Å². The lowest BCUT2D eigenvalue weighted by molar-refractivity contribution is -0.0435. The van der Waals surface area contributed by atoms with Gasteiger partial charge in [-0.2, -0.15) is 13.2 Å². The topological polar surface area (TPSA) is 66.4 Å². The molecule has 0 aliphatic heterocycles. The van der Waals surface area contributed by atoms with Gasteiger partial charge in [-0.15, -0.1) is 0 Å². The average Bonchev–Trinajstić information content (AvgIpc) is 2.35. The van der Waals surface area contributed by atoms with Crippen LogP contribution < -0.4 is 5.32 Å². The fraction of sp³-hybridized carbons (Fsp3) is 0.400. The Morgan fingerprint density at radius 2 is 1.65 bits per heavy atom. The highest BCUT2D eigenvalue weighted by Gasteiger charge is 2.48. The third kappa shape index (κ3) is 3.57. The number of rotatable bonds is 5. The van der Waals surface area contributed by atoms with Gasteiger partial charge in [0, 0.05) is 0 Å². The number of halogens is 5. The van der Waals surface area contributed by atoms with E-state index in [9.17, 15) is 30.4 Å². The molecular formula is C10H10F5NO3S. The first kappa shape index (κ1) is 16.6. The van der Waals surface area contributed by atoms with Gasteiger partial charge >= 0.3 is 5.51 Å². The zero-order valence-corrected chi connectivity index (χ0v) is 10.6. The Hall–Kier alpha value is -1.42. The molecule has 0 aliphatic carbocycles. The van der Waals surface area contributed by atoms with Crippen LogP contribution in [0.25, 0.3) is 0 Å². The molecule has 0 aliphatic rings. The molecule has 0 unspecified atom stereocenters. The minimum absolute atomic E-state index is 0.613. The Labute approximate surface area is 111 Å². The lowest BCUT2D eigenvalue weighted by Gasteiger charge is -2.17. The number of aliphatic hydroxyl groups excluding tert-OH is 1. The van der Waals surface area contributed by atoms with Crippen molar-refractivity contribution >= 4 is 15.5 Å². The monoisotopic (exact) mass is 319 g/mol. The molecule has 0 saturated carbocycles. The van der Waals surface area contributed by atoms with Crippen LogP contribution in [-0.4, -0.2) is 38.1 Å². The van der Waals surface area contributed by atoms with Crippen LogP contribution in [-0.2, 0) is 9.84 Å². The number of alkyl halides is 5. The summed E-state index contributed by atoms with van der Waals surface area (Å²) in [6, 6.07) is 3.80. The molecule has 114 valence electrons. The third-order valence-electron chi connectivity index (χ3n) is 2.25. The summed E-state index contributed by atoms with van der Waals surface area (Å²) in [6.07, 6.45) is 0. The predicted molar refractivity (Wildman–Crippen MR) is 60.2 cm³/mol.